The third-order valence-corrected chi connectivity index (χ3v) is 3.63. The highest BCUT2D eigenvalue weighted by Crippen LogP contribution is 2.20. The number of amides is 1. The Morgan fingerprint density at radius 1 is 1.15 bits per heavy atom. The van der Waals surface area contributed by atoms with Crippen LogP contribution in [0.2, 0.25) is 0 Å². The first kappa shape index (κ1) is 22.0. The molecule has 1 unspecified atom stereocenters. The second-order valence-corrected chi connectivity index (χ2v) is 7.38. The quantitative estimate of drug-likeness (QED) is 0.427. The topological polar surface area (TPSA) is 76.1 Å². The van der Waals surface area contributed by atoms with Crippen molar-refractivity contribution in [3.05, 3.63) is 29.8 Å². The van der Waals surface area contributed by atoms with E-state index in [0.29, 0.717) is 17.7 Å². The molecule has 1 atom stereocenters. The molecule has 146 valence electrons. The van der Waals surface area contributed by atoms with Gasteiger partial charge in [-0.15, -0.1) is 0 Å². The Morgan fingerprint density at radius 2 is 1.77 bits per heavy atom. The zero-order valence-corrected chi connectivity index (χ0v) is 16.4. The van der Waals surface area contributed by atoms with Crippen molar-refractivity contribution in [2.24, 2.45) is 0 Å². The normalized spacial score (nSPS) is 12.4. The minimum absolute atomic E-state index is 0.102. The van der Waals surface area contributed by atoms with Crippen LogP contribution < -0.4 is 4.74 Å². The van der Waals surface area contributed by atoms with Gasteiger partial charge in [0.25, 0.3) is 0 Å². The molecule has 6 nitrogen and oxygen atoms in total. The Labute approximate surface area is 156 Å². The lowest BCUT2D eigenvalue weighted by molar-refractivity contribution is -0.134. The fraction of sp³-hybridized carbons (Fsp3) is 0.600. The number of hydrogen-bond donors (Lipinski definition) is 1. The summed E-state index contributed by atoms with van der Waals surface area (Å²) >= 11 is 0. The van der Waals surface area contributed by atoms with Gasteiger partial charge in [0.05, 0.1) is 12.6 Å². The Kier molecular flexibility index (Phi) is 8.58. The van der Waals surface area contributed by atoms with Gasteiger partial charge in [-0.1, -0.05) is 31.9 Å². The number of carbonyl (C=O) groups excluding carboxylic acids is 2. The van der Waals surface area contributed by atoms with Gasteiger partial charge in [0.15, 0.2) is 0 Å². The lowest BCUT2D eigenvalue weighted by Gasteiger charge is -2.26. The summed E-state index contributed by atoms with van der Waals surface area (Å²) in [6.45, 7) is 7.55. The maximum absolute atomic E-state index is 11.9. The molecular weight excluding hydrogens is 334 g/mol. The number of hydrogen-bond acceptors (Lipinski definition) is 5. The number of aliphatic hydroxyl groups is 1. The van der Waals surface area contributed by atoms with Crippen LogP contribution in [0.3, 0.4) is 0 Å². The molecule has 0 saturated heterocycles. The van der Waals surface area contributed by atoms with Gasteiger partial charge >= 0.3 is 12.1 Å². The van der Waals surface area contributed by atoms with Crippen LogP contribution >= 0.6 is 0 Å². The van der Waals surface area contributed by atoms with E-state index in [1.165, 1.54) is 4.90 Å². The standard InChI is InChI=1S/C20H31NO5/c1-6-7-8-9-18(23)25-16-12-10-15(11-13-16)17(22)14-21(5)19(24)26-20(2,3)4/h10-13,17,22H,6-9,14H2,1-5H3. The van der Waals surface area contributed by atoms with Crippen LogP contribution in [-0.2, 0) is 9.53 Å². The van der Waals surface area contributed by atoms with E-state index in [-0.39, 0.29) is 12.5 Å². The maximum Gasteiger partial charge on any atom is 0.410 e. The Morgan fingerprint density at radius 3 is 2.31 bits per heavy atom. The number of carbonyl (C=O) groups is 2. The summed E-state index contributed by atoms with van der Waals surface area (Å²) in [7, 11) is 1.57. The Hall–Kier alpha value is -2.08. The van der Waals surface area contributed by atoms with Crippen LogP contribution in [0.5, 0.6) is 5.75 Å². The van der Waals surface area contributed by atoms with Gasteiger partial charge in [-0.3, -0.25) is 4.79 Å². The van der Waals surface area contributed by atoms with Crippen molar-refractivity contribution < 1.29 is 24.2 Å². The summed E-state index contributed by atoms with van der Waals surface area (Å²) < 4.78 is 10.5. The monoisotopic (exact) mass is 365 g/mol. The zero-order chi connectivity index (χ0) is 19.7. The molecule has 0 fully saturated rings. The highest BCUT2D eigenvalue weighted by atomic mass is 16.6. The first-order valence-corrected chi connectivity index (χ1v) is 9.05. The molecule has 6 heteroatoms. The summed E-state index contributed by atoms with van der Waals surface area (Å²) in [5.41, 5.74) is 0.0464. The van der Waals surface area contributed by atoms with Gasteiger partial charge in [0, 0.05) is 13.5 Å². The SMILES string of the molecule is CCCCCC(=O)Oc1ccc(C(O)CN(C)C(=O)OC(C)(C)C)cc1. The predicted molar refractivity (Wildman–Crippen MR) is 100 cm³/mol. The van der Waals surface area contributed by atoms with Crippen LogP contribution in [0.25, 0.3) is 0 Å². The van der Waals surface area contributed by atoms with Crippen LogP contribution in [0.4, 0.5) is 4.79 Å². The molecule has 26 heavy (non-hydrogen) atoms. The van der Waals surface area contributed by atoms with E-state index < -0.39 is 17.8 Å². The predicted octanol–water partition coefficient (Wildman–Crippen LogP) is 4.07. The molecular formula is C20H31NO5. The molecule has 1 amide bonds. The summed E-state index contributed by atoms with van der Waals surface area (Å²) in [5, 5.41) is 10.3. The minimum Gasteiger partial charge on any atom is -0.444 e. The summed E-state index contributed by atoms with van der Waals surface area (Å²) in [4.78, 5) is 25.0. The van der Waals surface area contributed by atoms with E-state index in [0.717, 1.165) is 19.3 Å². The number of ether oxygens (including phenoxy) is 2. The van der Waals surface area contributed by atoms with Crippen LogP contribution in [0.1, 0.15) is 65.0 Å². The van der Waals surface area contributed by atoms with E-state index >= 15 is 0 Å². The summed E-state index contributed by atoms with van der Waals surface area (Å²) in [6, 6.07) is 6.65. The van der Waals surface area contributed by atoms with Crippen LogP contribution in [-0.4, -0.2) is 41.3 Å². The van der Waals surface area contributed by atoms with Crippen LogP contribution in [0.15, 0.2) is 24.3 Å². The second kappa shape index (κ2) is 10.2. The van der Waals surface area contributed by atoms with Crippen molar-refractivity contribution >= 4 is 12.1 Å². The van der Waals surface area contributed by atoms with Crippen molar-refractivity contribution in [3.8, 4) is 5.75 Å². The first-order valence-electron chi connectivity index (χ1n) is 9.05. The highest BCUT2D eigenvalue weighted by Gasteiger charge is 2.21. The molecule has 1 aromatic carbocycles. The lowest BCUT2D eigenvalue weighted by atomic mass is 10.1. The molecule has 0 aromatic heterocycles. The molecule has 0 radical (unpaired) electrons. The molecule has 0 aliphatic rings. The molecule has 0 aliphatic heterocycles. The van der Waals surface area contributed by atoms with Crippen LogP contribution in [0, 0.1) is 0 Å². The number of unbranched alkanes of at least 4 members (excludes halogenated alkanes) is 2. The molecule has 0 aliphatic carbocycles. The number of rotatable bonds is 8. The van der Waals surface area contributed by atoms with Crippen molar-refractivity contribution in [2.75, 3.05) is 13.6 Å². The average molecular weight is 365 g/mol. The van der Waals surface area contributed by atoms with E-state index in [1.54, 1.807) is 52.1 Å². The molecule has 0 heterocycles. The largest absolute Gasteiger partial charge is 0.444 e. The number of aliphatic hydroxyl groups excluding tert-OH is 1. The van der Waals surface area contributed by atoms with Crippen molar-refractivity contribution in [3.63, 3.8) is 0 Å². The summed E-state index contributed by atoms with van der Waals surface area (Å²) in [5.74, 6) is 0.194. The van der Waals surface area contributed by atoms with E-state index in [1.807, 2.05) is 0 Å². The number of likely N-dealkylation sites (N-methyl/N-ethyl adjacent to an activating group) is 1. The Balaban J connectivity index is 2.54. The fourth-order valence-electron chi connectivity index (χ4n) is 2.24. The molecule has 1 N–H and O–H groups in total. The molecule has 0 saturated carbocycles. The molecule has 0 bridgehead atoms. The Bertz CT molecular complexity index is 577. The molecule has 1 rings (SSSR count). The molecule has 1 aromatic rings. The first-order chi connectivity index (χ1) is 12.1. The number of nitrogens with zero attached hydrogens (tertiary/aromatic N) is 1. The van der Waals surface area contributed by atoms with Gasteiger partial charge < -0.3 is 19.5 Å². The summed E-state index contributed by atoms with van der Waals surface area (Å²) in [6.07, 6.45) is 1.93. The van der Waals surface area contributed by atoms with Gasteiger partial charge in [-0.25, -0.2) is 4.79 Å². The van der Waals surface area contributed by atoms with E-state index in [4.69, 9.17) is 9.47 Å². The zero-order valence-electron chi connectivity index (χ0n) is 16.4. The van der Waals surface area contributed by atoms with E-state index in [2.05, 4.69) is 6.92 Å². The third kappa shape index (κ3) is 8.34. The third-order valence-electron chi connectivity index (χ3n) is 3.63. The highest BCUT2D eigenvalue weighted by molar-refractivity contribution is 5.72. The molecule has 0 spiro atoms. The van der Waals surface area contributed by atoms with Gasteiger partial charge in [0.2, 0.25) is 0 Å². The van der Waals surface area contributed by atoms with Gasteiger partial charge in [0.1, 0.15) is 11.4 Å². The number of benzene rings is 1. The van der Waals surface area contributed by atoms with Crippen molar-refractivity contribution in [2.45, 2.75) is 65.1 Å². The van der Waals surface area contributed by atoms with Gasteiger partial charge in [-0.2, -0.15) is 0 Å². The smallest absolute Gasteiger partial charge is 0.410 e. The van der Waals surface area contributed by atoms with Crippen molar-refractivity contribution in [1.82, 2.24) is 4.90 Å². The lowest BCUT2D eigenvalue weighted by Crippen LogP contribution is -2.36. The maximum atomic E-state index is 11.9. The minimum atomic E-state index is -0.859. The van der Waals surface area contributed by atoms with E-state index in [9.17, 15) is 14.7 Å². The van der Waals surface area contributed by atoms with Gasteiger partial charge in [-0.05, 0) is 44.9 Å². The van der Waals surface area contributed by atoms with Crippen molar-refractivity contribution in [1.29, 1.82) is 0 Å². The fourth-order valence-corrected chi connectivity index (χ4v) is 2.24. The number of esters is 1. The average Bonchev–Trinajstić information content (AvgIpc) is 2.54. The second-order valence-electron chi connectivity index (χ2n) is 7.38.